The van der Waals surface area contributed by atoms with E-state index in [4.69, 9.17) is 36.3 Å². The number of nitrogens with one attached hydrogen (secondary N) is 10. The molecule has 10 aromatic rings. The van der Waals surface area contributed by atoms with Gasteiger partial charge in [-0.25, -0.2) is 8.78 Å². The highest BCUT2D eigenvalue weighted by Gasteiger charge is 2.34. The van der Waals surface area contributed by atoms with Gasteiger partial charge in [-0.2, -0.15) is 10.5 Å². The molecule has 5 saturated heterocycles. The number of rotatable bonds is 26. The summed E-state index contributed by atoms with van der Waals surface area (Å²) in [5.41, 5.74) is 15.6. The first-order valence-corrected chi connectivity index (χ1v) is 47.3. The molecule has 0 unspecified atom stereocenters. The maximum atomic E-state index is 14.5. The highest BCUT2D eigenvalue weighted by atomic mass is 35.5. The Balaban J connectivity index is 0.000000123. The van der Waals surface area contributed by atoms with Crippen LogP contribution < -0.4 is 68.6 Å². The molecule has 20 rings (SSSR count). The van der Waals surface area contributed by atoms with Gasteiger partial charge in [-0.15, -0.1) is 0 Å². The quantitative estimate of drug-likeness (QED) is 0.0241. The van der Waals surface area contributed by atoms with Crippen LogP contribution in [0.1, 0.15) is 274 Å². The number of aromatic nitrogens is 5. The van der Waals surface area contributed by atoms with E-state index in [9.17, 15) is 56.7 Å². The van der Waals surface area contributed by atoms with Gasteiger partial charge in [0.25, 0.3) is 27.8 Å². The summed E-state index contributed by atoms with van der Waals surface area (Å²) in [7, 11) is 0. The van der Waals surface area contributed by atoms with Gasteiger partial charge in [0, 0.05) is 152 Å². The summed E-state index contributed by atoms with van der Waals surface area (Å²) in [4.78, 5) is 135. The van der Waals surface area contributed by atoms with Crippen molar-refractivity contribution in [1.82, 2.24) is 51.5 Å². The van der Waals surface area contributed by atoms with E-state index in [1.54, 1.807) is 43.3 Å². The Bertz CT molecular complexity index is 6810. The molecule has 0 bridgehead atoms. The van der Waals surface area contributed by atoms with Crippen LogP contribution in [0.5, 0.6) is 17.2 Å². The standard InChI is InChI=1S/C22H23ClN2O3.C22H23FN2O3.C22H24N2O3.C21H18FN3O2.C21H19N3O2/c1-2-28-15-6-7-17(19(23)12-15)18(11-14-5-10-21(26)24-14)20-9-8-16(13-3-4-13)22(27)25-20;1-2-28-20-9-5-14(11-18(20)23)17(12-15-6-10-21(26)24-15)19-8-7-16(13-3-4-13)22(27)25-19;1-2-27-17-8-5-15(6-9-17)19(13-16-7-12-21(25)23-16)20-11-10-18(14-3-4-14)22(26)24-20;22-18-6-3-13(9-14(18)11-23)17(10-15-4-8-20(26)24-15)19-7-5-16(12-1-2-12)21(27)25-19;22-12-13-1-3-15(4-2-13)18(11-16-7-10-20(25)23-16)19-9-8-17(14-5-6-14)21(26)24-19/h6-9,11-14H,2-5,10H2,1H3,(H,24,26)(H,25,27);5,7-9,11-13,15H,2-4,6,10H2,1H3,(H,24,26)(H,25,27);5-6,8-11,13-14,16H,2-4,7,12H2,1H3,(H,23,25)(H,24,26);3,5-7,9-10,12,15H,1-2,4,8H2,(H,24,26)(H,25,27);1-4,8-9,11,14,16H,5-7,10H2,(H,23,25)(H,24,26)/b18-11+;17-12+;19-13+;17-10+;18-11+/t14-;15-;16-;15-;16-/m11111/s1. The fourth-order valence-electron chi connectivity index (χ4n) is 17.6. The molecule has 10 heterocycles. The number of aromatic amines is 5. The predicted octanol–water partition coefficient (Wildman–Crippen LogP) is 16.7. The van der Waals surface area contributed by atoms with Gasteiger partial charge in [-0.1, -0.05) is 109 Å². The van der Waals surface area contributed by atoms with Crippen LogP contribution in [-0.4, -0.2) is 104 Å². The number of pyridine rings is 5. The Morgan fingerprint density at radius 2 is 0.632 bits per heavy atom. The smallest absolute Gasteiger partial charge is 0.251 e. The number of halogens is 3. The van der Waals surface area contributed by atoms with Gasteiger partial charge < -0.3 is 65.7 Å². The second-order valence-corrected chi connectivity index (χ2v) is 36.1. The number of hydrogen-bond donors (Lipinski definition) is 10. The van der Waals surface area contributed by atoms with Crippen molar-refractivity contribution in [2.75, 3.05) is 19.8 Å². The van der Waals surface area contributed by atoms with Crippen molar-refractivity contribution in [3.8, 4) is 29.4 Å². The molecule has 5 aliphatic carbocycles. The Labute approximate surface area is 789 Å². The van der Waals surface area contributed by atoms with E-state index in [1.807, 2.05) is 159 Å². The molecule has 0 spiro atoms. The molecule has 10 N–H and O–H groups in total. The summed E-state index contributed by atoms with van der Waals surface area (Å²) < 4.78 is 44.5. The van der Waals surface area contributed by atoms with Gasteiger partial charge in [0.15, 0.2) is 11.6 Å². The van der Waals surface area contributed by atoms with Gasteiger partial charge in [0.1, 0.15) is 23.4 Å². The fraction of sp³-hybridized carbons (Fsp3) is 0.333. The van der Waals surface area contributed by atoms with Gasteiger partial charge in [0.05, 0.1) is 42.0 Å². The zero-order valence-corrected chi connectivity index (χ0v) is 76.6. The number of hydrogen-bond acceptors (Lipinski definition) is 15. The van der Waals surface area contributed by atoms with Crippen LogP contribution in [0.15, 0.2) is 218 Å². The predicted molar refractivity (Wildman–Crippen MR) is 516 cm³/mol. The molecule has 5 aliphatic heterocycles. The van der Waals surface area contributed by atoms with Crippen LogP contribution in [0.3, 0.4) is 0 Å². The normalized spacial score (nSPS) is 19.7. The Morgan fingerprint density at radius 3 is 0.934 bits per heavy atom. The zero-order chi connectivity index (χ0) is 95.2. The Morgan fingerprint density at radius 1 is 0.331 bits per heavy atom. The summed E-state index contributed by atoms with van der Waals surface area (Å²) in [5.74, 6) is 2.65. The number of nitriles is 2. The third-order valence-corrected chi connectivity index (χ3v) is 25.8. The number of benzene rings is 5. The molecule has 5 amide bonds. The van der Waals surface area contributed by atoms with Crippen LogP contribution in [0, 0.1) is 34.3 Å². The van der Waals surface area contributed by atoms with Gasteiger partial charge in [-0.3, -0.25) is 47.9 Å². The summed E-state index contributed by atoms with van der Waals surface area (Å²) >= 11 is 6.56. The molecule has 5 saturated carbocycles. The number of ether oxygens (including phenoxy) is 3. The molecule has 10 fully saturated rings. The number of carbonyl (C=O) groups excluding carboxylic acids is 5. The van der Waals surface area contributed by atoms with E-state index in [1.165, 1.54) is 18.2 Å². The SMILES string of the molecule is CCOc1ccc(/C(=C\[C@H]2CCC(=O)N2)c2ccc(C3CC3)c(=O)[nH]2)c(Cl)c1.CCOc1ccc(/C(=C\[C@H]2CCC(=O)N2)c2ccc(C3CC3)c(=O)[nH]2)cc1.CCOc1ccc(/C(=C\[C@H]2CCC(=O)N2)c2ccc(C3CC3)c(=O)[nH]2)cc1F.N#Cc1cc(/C(=C\[C@H]2CCC(=O)N2)c2ccc(C3CC3)c(=O)[nH]2)ccc1F.N#Cc1ccc(/C(=C\[C@H]2CCC(=O)N2)c2ccc(C3CC3)c(=O)[nH]2)cc1. The summed E-state index contributed by atoms with van der Waals surface area (Å²) in [6, 6.07) is 52.2. The summed E-state index contributed by atoms with van der Waals surface area (Å²) in [6.45, 7) is 7.22. The van der Waals surface area contributed by atoms with Crippen molar-refractivity contribution in [1.29, 1.82) is 10.5 Å². The zero-order valence-electron chi connectivity index (χ0n) is 75.8. The van der Waals surface area contributed by atoms with Gasteiger partial charge >= 0.3 is 0 Å². The molecule has 5 atom stereocenters. The van der Waals surface area contributed by atoms with E-state index in [0.29, 0.717) is 150 Å². The minimum atomic E-state index is -0.590. The lowest BCUT2D eigenvalue weighted by molar-refractivity contribution is -0.120. The second-order valence-electron chi connectivity index (χ2n) is 35.7. The topological polar surface area (TPSA) is 385 Å². The fourth-order valence-corrected chi connectivity index (χ4v) is 17.9. The van der Waals surface area contributed by atoms with Crippen LogP contribution in [0.25, 0.3) is 27.9 Å². The Kier molecular flexibility index (Phi) is 30.0. The third kappa shape index (κ3) is 24.3. The molecule has 28 heteroatoms. The lowest BCUT2D eigenvalue weighted by atomic mass is 9.97. The Hall–Kier alpha value is -14.6. The van der Waals surface area contributed by atoms with Crippen molar-refractivity contribution >= 4 is 69.0 Å². The monoisotopic (exact) mass is 1850 g/mol. The van der Waals surface area contributed by atoms with Crippen molar-refractivity contribution in [2.24, 2.45) is 0 Å². The van der Waals surface area contributed by atoms with E-state index < -0.39 is 11.6 Å². The summed E-state index contributed by atoms with van der Waals surface area (Å²) in [6.07, 6.45) is 26.4. The average molecular weight is 1850 g/mol. The van der Waals surface area contributed by atoms with Crippen molar-refractivity contribution in [3.05, 3.63) is 358 Å². The molecule has 5 aromatic carbocycles. The van der Waals surface area contributed by atoms with Crippen LogP contribution in [0.4, 0.5) is 8.78 Å². The molecule has 0 radical (unpaired) electrons. The molecule has 136 heavy (non-hydrogen) atoms. The minimum absolute atomic E-state index is 0.00366. The lowest BCUT2D eigenvalue weighted by Crippen LogP contribution is -2.23. The highest BCUT2D eigenvalue weighted by molar-refractivity contribution is 6.32. The first-order valence-electron chi connectivity index (χ1n) is 47.0. The number of amides is 5. The first kappa shape index (κ1) is 94.6. The minimum Gasteiger partial charge on any atom is -0.494 e. The largest absolute Gasteiger partial charge is 0.494 e. The van der Waals surface area contributed by atoms with E-state index in [-0.39, 0.29) is 98.9 Å². The van der Waals surface area contributed by atoms with Crippen LogP contribution in [0.2, 0.25) is 5.02 Å². The van der Waals surface area contributed by atoms with Gasteiger partial charge in [-0.05, 0) is 266 Å². The first-order chi connectivity index (χ1) is 65.9. The number of H-pyrrole nitrogens is 5. The molecule has 10 aliphatic rings. The van der Waals surface area contributed by atoms with Gasteiger partial charge in [0.2, 0.25) is 29.5 Å². The maximum absolute atomic E-state index is 14.5. The molecular formula is C108H107ClF2N12O13. The molecule has 5 aromatic heterocycles. The average Bonchev–Trinajstić information content (AvgIpc) is 1.76. The van der Waals surface area contributed by atoms with E-state index in [2.05, 4.69) is 57.6 Å². The molecule has 698 valence electrons. The van der Waals surface area contributed by atoms with Crippen molar-refractivity contribution < 1.29 is 47.0 Å². The third-order valence-electron chi connectivity index (χ3n) is 25.5. The van der Waals surface area contributed by atoms with E-state index in [0.717, 1.165) is 162 Å². The number of nitrogens with zero attached hydrogens (tertiary/aromatic N) is 2. The lowest BCUT2D eigenvalue weighted by Gasteiger charge is -2.15. The van der Waals surface area contributed by atoms with Crippen LogP contribution >= 0.6 is 11.6 Å². The van der Waals surface area contributed by atoms with Crippen molar-refractivity contribution in [3.63, 3.8) is 0 Å². The highest BCUT2D eigenvalue weighted by Crippen LogP contribution is 2.44. The van der Waals surface area contributed by atoms with Crippen molar-refractivity contribution in [2.45, 2.75) is 209 Å². The molecule has 25 nitrogen and oxygen atoms in total. The second kappa shape index (κ2) is 43.2. The van der Waals surface area contributed by atoms with E-state index >= 15 is 0 Å². The molecular weight excluding hydrogens is 1750 g/mol. The van der Waals surface area contributed by atoms with Crippen LogP contribution in [-0.2, 0) is 24.0 Å². The summed E-state index contributed by atoms with van der Waals surface area (Å²) in [5, 5.41) is 33.3. The number of carbonyl (C=O) groups is 5. The maximum Gasteiger partial charge on any atom is 0.251 e.